The number of anilines is 1. The Morgan fingerprint density at radius 3 is 2.68 bits per heavy atom. The lowest BCUT2D eigenvalue weighted by molar-refractivity contribution is 0.0693. The average Bonchev–Trinajstić information content (AvgIpc) is 2.87. The zero-order valence-corrected chi connectivity index (χ0v) is 12.1. The summed E-state index contributed by atoms with van der Waals surface area (Å²) in [6, 6.07) is 11.9. The summed E-state index contributed by atoms with van der Waals surface area (Å²) in [5, 5.41) is 9.84. The minimum absolute atomic E-state index is 0.0537. The summed E-state index contributed by atoms with van der Waals surface area (Å²) >= 11 is 5.81. The Morgan fingerprint density at radius 2 is 2.00 bits per heavy atom. The second-order valence-electron chi connectivity index (χ2n) is 4.60. The van der Waals surface area contributed by atoms with Crippen molar-refractivity contribution in [1.82, 2.24) is 9.38 Å². The highest BCUT2D eigenvalue weighted by atomic mass is 35.5. The molecule has 7 heteroatoms. The van der Waals surface area contributed by atoms with Crippen molar-refractivity contribution in [2.24, 2.45) is 0 Å². The zero-order chi connectivity index (χ0) is 15.7. The number of hydrogen-bond acceptors (Lipinski definition) is 4. The standard InChI is InChI=1S/C15H12ClN3O3/c16-9-4-6-10(7-5-9)22-8-13-18-14(15(20)21)11-2-1-3-12(17)19(11)13/h1-7H,8,17H2,(H,20,21). The van der Waals surface area contributed by atoms with E-state index in [0.717, 1.165) is 0 Å². The van der Waals surface area contributed by atoms with Crippen LogP contribution in [-0.4, -0.2) is 20.5 Å². The first kappa shape index (κ1) is 14.2. The number of pyridine rings is 1. The minimum atomic E-state index is -1.11. The molecular weight excluding hydrogens is 306 g/mol. The molecule has 0 aliphatic carbocycles. The van der Waals surface area contributed by atoms with Crippen molar-refractivity contribution >= 4 is 28.9 Å². The molecule has 112 valence electrons. The van der Waals surface area contributed by atoms with E-state index in [4.69, 9.17) is 22.1 Å². The van der Waals surface area contributed by atoms with Gasteiger partial charge in [-0.2, -0.15) is 0 Å². The van der Waals surface area contributed by atoms with Crippen molar-refractivity contribution in [3.63, 3.8) is 0 Å². The second-order valence-corrected chi connectivity index (χ2v) is 5.03. The molecule has 0 aliphatic rings. The predicted octanol–water partition coefficient (Wildman–Crippen LogP) is 2.85. The molecule has 6 nitrogen and oxygen atoms in total. The first-order valence-corrected chi connectivity index (χ1v) is 6.81. The van der Waals surface area contributed by atoms with Crippen LogP contribution in [0, 0.1) is 0 Å². The fourth-order valence-corrected chi connectivity index (χ4v) is 2.29. The van der Waals surface area contributed by atoms with Gasteiger partial charge >= 0.3 is 5.97 Å². The summed E-state index contributed by atoms with van der Waals surface area (Å²) < 4.78 is 7.18. The Morgan fingerprint density at radius 1 is 1.27 bits per heavy atom. The third kappa shape index (κ3) is 2.56. The van der Waals surface area contributed by atoms with Crippen LogP contribution in [0.3, 0.4) is 0 Å². The molecular formula is C15H12ClN3O3. The number of ether oxygens (including phenoxy) is 1. The molecule has 22 heavy (non-hydrogen) atoms. The van der Waals surface area contributed by atoms with Gasteiger partial charge in [-0.05, 0) is 36.4 Å². The van der Waals surface area contributed by atoms with Crippen LogP contribution in [0.4, 0.5) is 5.82 Å². The van der Waals surface area contributed by atoms with Crippen LogP contribution in [0.25, 0.3) is 5.52 Å². The number of imidazole rings is 1. The number of carboxylic acid groups (broad SMARTS) is 1. The summed E-state index contributed by atoms with van der Waals surface area (Å²) in [6.45, 7) is 0.0876. The third-order valence-electron chi connectivity index (χ3n) is 3.15. The van der Waals surface area contributed by atoms with E-state index in [9.17, 15) is 9.90 Å². The average molecular weight is 318 g/mol. The van der Waals surface area contributed by atoms with Crippen LogP contribution >= 0.6 is 11.6 Å². The largest absolute Gasteiger partial charge is 0.486 e. The van der Waals surface area contributed by atoms with Crippen LogP contribution < -0.4 is 10.5 Å². The van der Waals surface area contributed by atoms with Gasteiger partial charge in [0.1, 0.15) is 18.2 Å². The molecule has 2 aromatic heterocycles. The molecule has 0 amide bonds. The molecule has 0 fully saturated rings. The van der Waals surface area contributed by atoms with Crippen molar-refractivity contribution in [3.05, 3.63) is 59.0 Å². The number of benzene rings is 1. The predicted molar refractivity (Wildman–Crippen MR) is 82.3 cm³/mol. The molecule has 0 atom stereocenters. The number of hydrogen-bond donors (Lipinski definition) is 2. The number of nitrogen functional groups attached to an aromatic ring is 1. The third-order valence-corrected chi connectivity index (χ3v) is 3.40. The van der Waals surface area contributed by atoms with Gasteiger partial charge in [-0.3, -0.25) is 4.40 Å². The van der Waals surface area contributed by atoms with Gasteiger partial charge in [0.15, 0.2) is 11.5 Å². The quantitative estimate of drug-likeness (QED) is 0.772. The molecule has 0 unspecified atom stereocenters. The van der Waals surface area contributed by atoms with E-state index in [1.165, 1.54) is 0 Å². The lowest BCUT2D eigenvalue weighted by Gasteiger charge is -2.07. The van der Waals surface area contributed by atoms with Gasteiger partial charge in [0.05, 0.1) is 5.52 Å². The maximum atomic E-state index is 11.3. The highest BCUT2D eigenvalue weighted by Crippen LogP contribution is 2.20. The summed E-state index contributed by atoms with van der Waals surface area (Å²) in [6.07, 6.45) is 0. The number of carboxylic acids is 1. The molecule has 3 N–H and O–H groups in total. The van der Waals surface area contributed by atoms with Gasteiger partial charge in [0, 0.05) is 5.02 Å². The van der Waals surface area contributed by atoms with Crippen molar-refractivity contribution in [1.29, 1.82) is 0 Å². The van der Waals surface area contributed by atoms with Crippen LogP contribution in [0.1, 0.15) is 16.3 Å². The fourth-order valence-electron chi connectivity index (χ4n) is 2.17. The number of fused-ring (bicyclic) bond motifs is 1. The summed E-state index contributed by atoms with van der Waals surface area (Å²) in [5.74, 6) is 0.307. The molecule has 0 spiro atoms. The number of aromatic nitrogens is 2. The molecule has 3 aromatic rings. The molecule has 0 saturated heterocycles. The highest BCUT2D eigenvalue weighted by Gasteiger charge is 2.18. The van der Waals surface area contributed by atoms with Crippen molar-refractivity contribution in [3.8, 4) is 5.75 Å². The first-order valence-electron chi connectivity index (χ1n) is 6.44. The van der Waals surface area contributed by atoms with E-state index in [1.807, 2.05) is 0 Å². The number of nitrogens with two attached hydrogens (primary N) is 1. The van der Waals surface area contributed by atoms with E-state index in [1.54, 1.807) is 46.9 Å². The Balaban J connectivity index is 1.96. The second kappa shape index (κ2) is 5.57. The number of aromatic carboxylic acids is 1. The van der Waals surface area contributed by atoms with E-state index < -0.39 is 5.97 Å². The number of nitrogens with zero attached hydrogens (tertiary/aromatic N) is 2. The maximum Gasteiger partial charge on any atom is 0.356 e. The van der Waals surface area contributed by atoms with Gasteiger partial charge in [-0.25, -0.2) is 9.78 Å². The van der Waals surface area contributed by atoms with Gasteiger partial charge in [0.25, 0.3) is 0 Å². The minimum Gasteiger partial charge on any atom is -0.486 e. The van der Waals surface area contributed by atoms with Crippen LogP contribution in [-0.2, 0) is 6.61 Å². The van der Waals surface area contributed by atoms with Gasteiger partial charge in [-0.1, -0.05) is 17.7 Å². The van der Waals surface area contributed by atoms with Crippen molar-refractivity contribution in [2.45, 2.75) is 6.61 Å². The SMILES string of the molecule is Nc1cccc2c(C(=O)O)nc(COc3ccc(Cl)cc3)n12. The summed E-state index contributed by atoms with van der Waals surface area (Å²) in [7, 11) is 0. The van der Waals surface area contributed by atoms with Gasteiger partial charge in [-0.15, -0.1) is 0 Å². The number of halogens is 1. The molecule has 1 aromatic carbocycles. The molecule has 0 aliphatic heterocycles. The molecule has 0 radical (unpaired) electrons. The van der Waals surface area contributed by atoms with Gasteiger partial charge in [0.2, 0.25) is 0 Å². The highest BCUT2D eigenvalue weighted by molar-refractivity contribution is 6.30. The molecule has 3 rings (SSSR count). The van der Waals surface area contributed by atoms with Gasteiger partial charge < -0.3 is 15.6 Å². The monoisotopic (exact) mass is 317 g/mol. The summed E-state index contributed by atoms with van der Waals surface area (Å²) in [5.41, 5.74) is 6.30. The van der Waals surface area contributed by atoms with Crippen molar-refractivity contribution in [2.75, 3.05) is 5.73 Å². The van der Waals surface area contributed by atoms with Crippen LogP contribution in [0.15, 0.2) is 42.5 Å². The lowest BCUT2D eigenvalue weighted by atomic mass is 10.3. The lowest BCUT2D eigenvalue weighted by Crippen LogP contribution is -2.04. The Bertz CT molecular complexity index is 843. The van der Waals surface area contributed by atoms with E-state index in [-0.39, 0.29) is 12.3 Å². The number of carbonyl (C=O) groups is 1. The summed E-state index contributed by atoms with van der Waals surface area (Å²) in [4.78, 5) is 15.4. The first-order chi connectivity index (χ1) is 10.6. The van der Waals surface area contributed by atoms with E-state index >= 15 is 0 Å². The maximum absolute atomic E-state index is 11.3. The topological polar surface area (TPSA) is 89.9 Å². The zero-order valence-electron chi connectivity index (χ0n) is 11.4. The number of rotatable bonds is 4. The van der Waals surface area contributed by atoms with Crippen LogP contribution in [0.5, 0.6) is 5.75 Å². The van der Waals surface area contributed by atoms with E-state index in [0.29, 0.717) is 27.9 Å². The molecule has 0 saturated carbocycles. The smallest absolute Gasteiger partial charge is 0.356 e. The fraction of sp³-hybridized carbons (Fsp3) is 0.0667. The molecule has 2 heterocycles. The Hall–Kier alpha value is -2.73. The normalized spacial score (nSPS) is 10.8. The van der Waals surface area contributed by atoms with E-state index in [2.05, 4.69) is 4.98 Å². The Kier molecular flexibility index (Phi) is 3.60. The van der Waals surface area contributed by atoms with Crippen LogP contribution in [0.2, 0.25) is 5.02 Å². The Labute approximate surface area is 130 Å². The molecule has 0 bridgehead atoms. The van der Waals surface area contributed by atoms with Crippen molar-refractivity contribution < 1.29 is 14.6 Å².